The van der Waals surface area contributed by atoms with Gasteiger partial charge in [0, 0.05) is 5.56 Å². The van der Waals surface area contributed by atoms with Crippen molar-refractivity contribution in [3.05, 3.63) is 42.3 Å². The van der Waals surface area contributed by atoms with E-state index in [1.807, 2.05) is 0 Å². The number of benzene rings is 1. The molecule has 0 spiro atoms. The maximum atomic E-state index is 11.9. The largest absolute Gasteiger partial charge is 2.00 e. The quantitative estimate of drug-likeness (QED) is 0.419. The number of alkyl halides is 3. The molecule has 1 aromatic carbocycles. The Hall–Kier alpha value is -0.651. The summed E-state index contributed by atoms with van der Waals surface area (Å²) in [5, 5.41) is 0. The smallest absolute Gasteiger partial charge is 0.424 e. The molecule has 0 heterocycles. The average molecular weight is 293 g/mol. The molecular formula is C9H9F3MnO2S. The monoisotopic (exact) mass is 293 g/mol. The first-order chi connectivity index (χ1) is 6.73. The molecule has 0 bridgehead atoms. The molecule has 0 amide bonds. The molecule has 1 rings (SSSR count). The van der Waals surface area contributed by atoms with Crippen LogP contribution in [0.1, 0.15) is 11.1 Å². The van der Waals surface area contributed by atoms with Crippen molar-refractivity contribution in [2.24, 2.45) is 0 Å². The predicted octanol–water partition coefficient (Wildman–Crippen LogP) is 2.81. The molecule has 0 aliphatic heterocycles. The van der Waals surface area contributed by atoms with Gasteiger partial charge in [-0.05, 0) is 0 Å². The second kappa shape index (κ2) is 7.59. The number of rotatable bonds is 0. The van der Waals surface area contributed by atoms with Crippen molar-refractivity contribution < 1.29 is 38.7 Å². The van der Waals surface area contributed by atoms with E-state index in [0.717, 1.165) is 18.4 Å². The summed E-state index contributed by atoms with van der Waals surface area (Å²) < 4.78 is 53.7. The van der Waals surface area contributed by atoms with Crippen molar-refractivity contribution in [3.8, 4) is 0 Å². The van der Waals surface area contributed by atoms with Crippen LogP contribution >= 0.6 is 0 Å². The van der Waals surface area contributed by atoms with Crippen LogP contribution in [-0.2, 0) is 42.4 Å². The molecule has 7 heteroatoms. The van der Waals surface area contributed by atoms with Gasteiger partial charge in [-0.2, -0.15) is 37.8 Å². The van der Waals surface area contributed by atoms with Gasteiger partial charge in [0.05, 0.1) is 0 Å². The van der Waals surface area contributed by atoms with Gasteiger partial charge < -0.3 is 8.42 Å². The third-order valence-corrected chi connectivity index (χ3v) is 1.28. The van der Waals surface area contributed by atoms with Crippen LogP contribution in [0.4, 0.5) is 13.2 Å². The van der Waals surface area contributed by atoms with Crippen LogP contribution in [0.25, 0.3) is 0 Å². The molecule has 0 fully saturated rings. The van der Waals surface area contributed by atoms with Gasteiger partial charge in [0.25, 0.3) is 0 Å². The first-order valence-corrected chi connectivity index (χ1v) is 5.22. The molecule has 91 valence electrons. The Morgan fingerprint density at radius 1 is 1.12 bits per heavy atom. The van der Waals surface area contributed by atoms with Gasteiger partial charge in [0.15, 0.2) is 0 Å². The molecule has 16 heavy (non-hydrogen) atoms. The molecule has 0 saturated carbocycles. The minimum absolute atomic E-state index is 0. The van der Waals surface area contributed by atoms with Crippen LogP contribution in [0, 0.1) is 6.92 Å². The van der Waals surface area contributed by atoms with E-state index in [4.69, 9.17) is 8.42 Å². The van der Waals surface area contributed by atoms with Crippen molar-refractivity contribution in [1.29, 1.82) is 0 Å². The molecule has 0 aliphatic rings. The third kappa shape index (κ3) is 8.64. The van der Waals surface area contributed by atoms with Crippen molar-refractivity contribution in [3.63, 3.8) is 0 Å². The SMILES string of the molecule is C[S-](=O)=O.[CH2-]c1ccc(C(F)(F)F)cc1.[Mn+2]. The minimum atomic E-state index is -4.24. The summed E-state index contributed by atoms with van der Waals surface area (Å²) in [5.74, 6) is 0. The van der Waals surface area contributed by atoms with E-state index in [1.165, 1.54) is 12.1 Å². The normalized spacial score (nSPS) is 10.1. The van der Waals surface area contributed by atoms with E-state index in [1.54, 1.807) is 0 Å². The van der Waals surface area contributed by atoms with Crippen LogP contribution < -0.4 is 0 Å². The van der Waals surface area contributed by atoms with Gasteiger partial charge in [-0.1, -0.05) is 17.0 Å². The minimum Gasteiger partial charge on any atom is -0.424 e. The van der Waals surface area contributed by atoms with Gasteiger partial charge in [-0.15, -0.1) is 12.1 Å². The van der Waals surface area contributed by atoms with E-state index < -0.39 is 22.4 Å². The van der Waals surface area contributed by atoms with Crippen molar-refractivity contribution >= 4 is 10.7 Å². The molecule has 1 aromatic rings. The average Bonchev–Trinajstić information content (AvgIpc) is 2.01. The maximum absolute atomic E-state index is 11.9. The van der Waals surface area contributed by atoms with Crippen molar-refractivity contribution in [2.45, 2.75) is 6.18 Å². The fourth-order valence-electron chi connectivity index (χ4n) is 0.694. The van der Waals surface area contributed by atoms with Gasteiger partial charge in [-0.25, -0.2) is 0 Å². The van der Waals surface area contributed by atoms with E-state index >= 15 is 0 Å². The fourth-order valence-corrected chi connectivity index (χ4v) is 0.694. The third-order valence-electron chi connectivity index (χ3n) is 1.28. The molecular weight excluding hydrogens is 284 g/mol. The van der Waals surface area contributed by atoms with Gasteiger partial charge in [0.2, 0.25) is 0 Å². The van der Waals surface area contributed by atoms with E-state index in [0.29, 0.717) is 5.56 Å². The Labute approximate surface area is 104 Å². The molecule has 1 radical (unpaired) electrons. The zero-order valence-corrected chi connectivity index (χ0v) is 10.3. The molecule has 0 atom stereocenters. The summed E-state index contributed by atoms with van der Waals surface area (Å²) in [6, 6.07) is 4.70. The van der Waals surface area contributed by atoms with Crippen LogP contribution in [0.5, 0.6) is 0 Å². The summed E-state index contributed by atoms with van der Waals surface area (Å²) in [7, 11) is -1.86. The van der Waals surface area contributed by atoms with Gasteiger partial charge in [-0.3, -0.25) is 0 Å². The van der Waals surface area contributed by atoms with Gasteiger partial charge in [0.1, 0.15) is 0 Å². The summed E-state index contributed by atoms with van der Waals surface area (Å²) in [4.78, 5) is 0. The Kier molecular flexibility index (Phi) is 8.42. The predicted molar refractivity (Wildman–Crippen MR) is 50.6 cm³/mol. The summed E-state index contributed by atoms with van der Waals surface area (Å²) in [6.07, 6.45) is -3.16. The van der Waals surface area contributed by atoms with Gasteiger partial charge >= 0.3 is 23.2 Å². The second-order valence-electron chi connectivity index (χ2n) is 2.60. The molecule has 0 aliphatic carbocycles. The van der Waals surface area contributed by atoms with Crippen LogP contribution in [-0.4, -0.2) is 6.26 Å². The van der Waals surface area contributed by atoms with Crippen LogP contribution in [0.2, 0.25) is 0 Å². The molecule has 2 nitrogen and oxygen atoms in total. The first kappa shape index (κ1) is 17.7. The van der Waals surface area contributed by atoms with Crippen molar-refractivity contribution in [2.75, 3.05) is 6.26 Å². The van der Waals surface area contributed by atoms with Crippen molar-refractivity contribution in [1.82, 2.24) is 0 Å². The molecule has 0 saturated heterocycles. The molecule has 0 N–H and O–H groups in total. The van der Waals surface area contributed by atoms with E-state index in [2.05, 4.69) is 6.92 Å². The van der Waals surface area contributed by atoms with E-state index in [9.17, 15) is 13.2 Å². The Morgan fingerprint density at radius 3 is 1.69 bits per heavy atom. The Bertz CT molecular complexity index is 363. The van der Waals surface area contributed by atoms with Crippen LogP contribution in [0.3, 0.4) is 0 Å². The zero-order valence-electron chi connectivity index (χ0n) is 8.25. The zero-order chi connectivity index (χ0) is 12.1. The van der Waals surface area contributed by atoms with Crippen LogP contribution in [0.15, 0.2) is 24.3 Å². The number of hydrogen-bond donors (Lipinski definition) is 0. The Morgan fingerprint density at radius 2 is 1.44 bits per heavy atom. The summed E-state index contributed by atoms with van der Waals surface area (Å²) in [5.41, 5.74) is -0.0529. The first-order valence-electron chi connectivity index (χ1n) is 3.73. The topological polar surface area (TPSA) is 34.1 Å². The molecule has 0 aromatic heterocycles. The standard InChI is InChI=1S/C8H6F3.CH3O2S.Mn/c1-6-2-4-7(5-3-6)8(9,10)11;1-4(2)3;/h2-5H,1H2;1H3;/q2*-1;+2. The second-order valence-corrected chi connectivity index (χ2v) is 3.40. The summed E-state index contributed by atoms with van der Waals surface area (Å²) >= 11 is 0. The number of hydrogen-bond acceptors (Lipinski definition) is 3. The molecule has 0 unspecified atom stereocenters. The maximum Gasteiger partial charge on any atom is 2.00 e. The number of halogens is 3. The van der Waals surface area contributed by atoms with E-state index in [-0.39, 0.29) is 17.1 Å². The Balaban J connectivity index is 0. The fraction of sp³-hybridized carbons (Fsp3) is 0.222. The summed E-state index contributed by atoms with van der Waals surface area (Å²) in [6.45, 7) is 3.48.